The number of imidazole rings is 1. The van der Waals surface area contributed by atoms with E-state index in [1.165, 1.54) is 27.2 Å². The molecule has 3 aromatic heterocycles. The minimum absolute atomic E-state index is 0.350. The van der Waals surface area contributed by atoms with Gasteiger partial charge < -0.3 is 19.2 Å². The van der Waals surface area contributed by atoms with Crippen LogP contribution < -0.4 is 10.1 Å². The van der Waals surface area contributed by atoms with Gasteiger partial charge in [-0.15, -0.1) is 11.3 Å². The maximum Gasteiger partial charge on any atom is 0.156 e. The number of nitrogens with zero attached hydrogens (tertiary/aromatic N) is 3. The van der Waals surface area contributed by atoms with Gasteiger partial charge in [0.15, 0.2) is 5.82 Å². The molecule has 4 heterocycles. The van der Waals surface area contributed by atoms with Crippen LogP contribution in [0.1, 0.15) is 30.5 Å². The van der Waals surface area contributed by atoms with Crippen molar-refractivity contribution < 1.29 is 4.74 Å². The lowest BCUT2D eigenvalue weighted by molar-refractivity contribution is 0.162. The van der Waals surface area contributed by atoms with Gasteiger partial charge in [0, 0.05) is 25.5 Å². The van der Waals surface area contributed by atoms with Gasteiger partial charge in [0.25, 0.3) is 0 Å². The summed E-state index contributed by atoms with van der Waals surface area (Å²) in [7, 11) is 2.13. The number of aryl methyl sites for hydroxylation is 3. The molecule has 1 aromatic carbocycles. The van der Waals surface area contributed by atoms with Crippen LogP contribution in [-0.4, -0.2) is 33.3 Å². The van der Waals surface area contributed by atoms with Crippen LogP contribution in [0.5, 0.6) is 5.75 Å². The van der Waals surface area contributed by atoms with E-state index in [2.05, 4.69) is 70.2 Å². The first kappa shape index (κ1) is 20.3. The van der Waals surface area contributed by atoms with Crippen molar-refractivity contribution in [3.63, 3.8) is 0 Å². The standard InChI is InChI=1S/C25H30N4OS/c1-18-17-27-25(23-16-24-22(28(23)2)11-15-31-24)29(18)14-3-4-19-5-7-20(8-6-19)30-21-9-12-26-13-10-21/h5-8,11,15-17,21,26H,3-4,9-10,12-14H2,1-2H3. The summed E-state index contributed by atoms with van der Waals surface area (Å²) in [6.07, 6.45) is 6.65. The Bertz CT molecular complexity index is 1150. The Morgan fingerprint density at radius 2 is 1.97 bits per heavy atom. The van der Waals surface area contributed by atoms with E-state index in [0.29, 0.717) is 6.10 Å². The summed E-state index contributed by atoms with van der Waals surface area (Å²) in [5.74, 6) is 2.06. The number of aromatic nitrogens is 3. The van der Waals surface area contributed by atoms with Crippen LogP contribution in [0.2, 0.25) is 0 Å². The lowest BCUT2D eigenvalue weighted by Crippen LogP contribution is -2.34. The molecular formula is C25H30N4OS. The second-order valence-electron chi connectivity index (χ2n) is 8.45. The number of nitrogens with one attached hydrogen (secondary N) is 1. The largest absolute Gasteiger partial charge is 0.490 e. The molecule has 0 saturated carbocycles. The van der Waals surface area contributed by atoms with E-state index in [1.807, 2.05) is 6.20 Å². The lowest BCUT2D eigenvalue weighted by atomic mass is 10.1. The first-order chi connectivity index (χ1) is 15.2. The molecule has 0 radical (unpaired) electrons. The molecule has 4 aromatic rings. The average molecular weight is 435 g/mol. The van der Waals surface area contributed by atoms with E-state index in [0.717, 1.165) is 56.9 Å². The molecule has 1 fully saturated rings. The highest BCUT2D eigenvalue weighted by molar-refractivity contribution is 7.17. The lowest BCUT2D eigenvalue weighted by Gasteiger charge is -2.23. The highest BCUT2D eigenvalue weighted by atomic mass is 32.1. The number of rotatable bonds is 7. The highest BCUT2D eigenvalue weighted by Crippen LogP contribution is 2.30. The Hall–Kier alpha value is -2.57. The molecule has 1 aliphatic rings. The van der Waals surface area contributed by atoms with Crippen molar-refractivity contribution in [3.8, 4) is 17.3 Å². The minimum Gasteiger partial charge on any atom is -0.490 e. The highest BCUT2D eigenvalue weighted by Gasteiger charge is 2.16. The molecule has 5 nitrogen and oxygen atoms in total. The van der Waals surface area contributed by atoms with Crippen LogP contribution in [0.3, 0.4) is 0 Å². The third-order valence-electron chi connectivity index (χ3n) is 6.31. The monoisotopic (exact) mass is 434 g/mol. The smallest absolute Gasteiger partial charge is 0.156 e. The fraction of sp³-hybridized carbons (Fsp3) is 0.400. The normalized spacial score (nSPS) is 15.0. The number of hydrogen-bond donors (Lipinski definition) is 1. The third-order valence-corrected chi connectivity index (χ3v) is 7.16. The van der Waals surface area contributed by atoms with Crippen LogP contribution in [0.15, 0.2) is 48.0 Å². The van der Waals surface area contributed by atoms with Crippen molar-refractivity contribution in [2.45, 2.75) is 45.3 Å². The minimum atomic E-state index is 0.350. The van der Waals surface area contributed by atoms with Crippen LogP contribution in [0, 0.1) is 6.92 Å². The van der Waals surface area contributed by atoms with Crippen molar-refractivity contribution in [2.75, 3.05) is 13.1 Å². The number of hydrogen-bond acceptors (Lipinski definition) is 4. The molecule has 1 aliphatic heterocycles. The van der Waals surface area contributed by atoms with Crippen molar-refractivity contribution in [3.05, 3.63) is 59.2 Å². The van der Waals surface area contributed by atoms with E-state index >= 15 is 0 Å². The van der Waals surface area contributed by atoms with Crippen molar-refractivity contribution in [1.82, 2.24) is 19.4 Å². The summed E-state index contributed by atoms with van der Waals surface area (Å²) in [6, 6.07) is 13.1. The SMILES string of the molecule is Cc1cnc(-c2cc3sccc3n2C)n1CCCc1ccc(OC2CCNCC2)cc1. The van der Waals surface area contributed by atoms with Gasteiger partial charge in [-0.25, -0.2) is 4.98 Å². The molecule has 1 saturated heterocycles. The van der Waals surface area contributed by atoms with Crippen molar-refractivity contribution >= 4 is 21.6 Å². The summed E-state index contributed by atoms with van der Waals surface area (Å²) in [5, 5.41) is 5.53. The summed E-state index contributed by atoms with van der Waals surface area (Å²) in [5.41, 5.74) is 5.04. The van der Waals surface area contributed by atoms with E-state index in [1.54, 1.807) is 11.3 Å². The van der Waals surface area contributed by atoms with Crippen molar-refractivity contribution in [1.29, 1.82) is 0 Å². The van der Waals surface area contributed by atoms with E-state index < -0.39 is 0 Å². The van der Waals surface area contributed by atoms with Crippen LogP contribution in [0.25, 0.3) is 21.7 Å². The topological polar surface area (TPSA) is 44.0 Å². The molecule has 162 valence electrons. The zero-order chi connectivity index (χ0) is 21.2. The Morgan fingerprint density at radius 3 is 2.74 bits per heavy atom. The zero-order valence-corrected chi connectivity index (χ0v) is 19.1. The molecule has 31 heavy (non-hydrogen) atoms. The molecular weight excluding hydrogens is 404 g/mol. The number of piperidine rings is 1. The molecule has 1 N–H and O–H groups in total. The molecule has 0 aliphatic carbocycles. The number of ether oxygens (including phenoxy) is 1. The van der Waals surface area contributed by atoms with E-state index in [4.69, 9.17) is 9.72 Å². The van der Waals surface area contributed by atoms with Gasteiger partial charge in [-0.2, -0.15) is 0 Å². The fourth-order valence-corrected chi connectivity index (χ4v) is 5.34. The molecule has 0 amide bonds. The Balaban J connectivity index is 1.22. The second kappa shape index (κ2) is 8.89. The predicted molar refractivity (Wildman–Crippen MR) is 128 cm³/mol. The van der Waals surface area contributed by atoms with Gasteiger partial charge in [-0.3, -0.25) is 0 Å². The van der Waals surface area contributed by atoms with E-state index in [9.17, 15) is 0 Å². The van der Waals surface area contributed by atoms with Gasteiger partial charge in [0.05, 0.1) is 15.9 Å². The summed E-state index contributed by atoms with van der Waals surface area (Å²) in [4.78, 5) is 4.74. The summed E-state index contributed by atoms with van der Waals surface area (Å²) >= 11 is 1.79. The van der Waals surface area contributed by atoms with Crippen LogP contribution in [0.4, 0.5) is 0 Å². The zero-order valence-electron chi connectivity index (χ0n) is 18.3. The molecule has 6 heteroatoms. The van der Waals surface area contributed by atoms with Gasteiger partial charge in [-0.05, 0) is 80.9 Å². The Labute approximate surface area is 187 Å². The molecule has 0 bridgehead atoms. The van der Waals surface area contributed by atoms with Gasteiger partial charge in [0.1, 0.15) is 11.9 Å². The quantitative estimate of drug-likeness (QED) is 0.436. The maximum atomic E-state index is 6.13. The Kier molecular flexibility index (Phi) is 5.83. The van der Waals surface area contributed by atoms with Crippen molar-refractivity contribution in [2.24, 2.45) is 7.05 Å². The van der Waals surface area contributed by atoms with E-state index in [-0.39, 0.29) is 0 Å². The van der Waals surface area contributed by atoms with Gasteiger partial charge in [-0.1, -0.05) is 12.1 Å². The number of thiophene rings is 1. The summed E-state index contributed by atoms with van der Waals surface area (Å²) in [6.45, 7) is 5.22. The van der Waals surface area contributed by atoms with Gasteiger partial charge >= 0.3 is 0 Å². The van der Waals surface area contributed by atoms with Crippen LogP contribution in [-0.2, 0) is 20.0 Å². The molecule has 5 rings (SSSR count). The Morgan fingerprint density at radius 1 is 1.16 bits per heavy atom. The maximum absolute atomic E-state index is 6.13. The predicted octanol–water partition coefficient (Wildman–Crippen LogP) is 5.18. The number of fused-ring (bicyclic) bond motifs is 1. The second-order valence-corrected chi connectivity index (χ2v) is 9.40. The van der Waals surface area contributed by atoms with Crippen LogP contribution >= 0.6 is 11.3 Å². The first-order valence-corrected chi connectivity index (χ1v) is 12.1. The molecule has 0 unspecified atom stereocenters. The fourth-order valence-electron chi connectivity index (χ4n) is 4.49. The molecule has 0 atom stereocenters. The first-order valence-electron chi connectivity index (χ1n) is 11.2. The number of benzene rings is 1. The third kappa shape index (κ3) is 4.27. The van der Waals surface area contributed by atoms with Gasteiger partial charge in [0.2, 0.25) is 0 Å². The summed E-state index contributed by atoms with van der Waals surface area (Å²) < 4.78 is 12.1. The molecule has 0 spiro atoms. The average Bonchev–Trinajstić information content (AvgIpc) is 3.47.